The van der Waals surface area contributed by atoms with Crippen LogP contribution in [0.4, 0.5) is 5.69 Å². The first-order valence-electron chi connectivity index (χ1n) is 4.85. The van der Waals surface area contributed by atoms with Gasteiger partial charge in [0.05, 0.1) is 5.56 Å². The normalized spacial score (nSPS) is 10.1. The Morgan fingerprint density at radius 3 is 2.38 bits per heavy atom. The molecule has 0 amide bonds. The molecule has 0 saturated carbocycles. The largest absolute Gasteiger partial charge is 0.398 e. The zero-order valence-electron chi connectivity index (χ0n) is 8.84. The van der Waals surface area contributed by atoms with Gasteiger partial charge in [-0.1, -0.05) is 0 Å². The van der Waals surface area contributed by atoms with E-state index < -0.39 is 0 Å². The first-order valence-corrected chi connectivity index (χ1v) is 4.85. The van der Waals surface area contributed by atoms with E-state index in [4.69, 9.17) is 5.73 Å². The smallest absolute Gasteiger partial charge is 0.198 e. The number of nitrogen functional groups attached to an aromatic ring is 1. The quantitative estimate of drug-likeness (QED) is 0.769. The molecule has 0 saturated heterocycles. The fourth-order valence-electron chi connectivity index (χ4n) is 1.44. The van der Waals surface area contributed by atoms with Gasteiger partial charge in [0.2, 0.25) is 0 Å². The van der Waals surface area contributed by atoms with Crippen molar-refractivity contribution in [1.82, 2.24) is 9.97 Å². The Labute approximate surface area is 93.2 Å². The summed E-state index contributed by atoms with van der Waals surface area (Å²) in [5.41, 5.74) is 8.01. The Morgan fingerprint density at radius 2 is 1.75 bits per heavy atom. The van der Waals surface area contributed by atoms with Crippen LogP contribution in [0.5, 0.6) is 0 Å². The molecule has 0 atom stereocenters. The molecule has 0 radical (unpaired) electrons. The number of aryl methyl sites for hydroxylation is 1. The highest BCUT2D eigenvalue weighted by atomic mass is 16.1. The van der Waals surface area contributed by atoms with Gasteiger partial charge < -0.3 is 5.73 Å². The van der Waals surface area contributed by atoms with E-state index in [1.165, 1.54) is 6.20 Å². The Balaban J connectivity index is 2.48. The molecule has 0 fully saturated rings. The van der Waals surface area contributed by atoms with Crippen molar-refractivity contribution >= 4 is 11.5 Å². The number of ketones is 1. The maximum absolute atomic E-state index is 12.1. The minimum atomic E-state index is -0.142. The molecule has 0 bridgehead atoms. The van der Waals surface area contributed by atoms with Gasteiger partial charge in [-0.25, -0.2) is 0 Å². The zero-order valence-corrected chi connectivity index (χ0v) is 8.84. The summed E-state index contributed by atoms with van der Waals surface area (Å²) in [4.78, 5) is 20.0. The van der Waals surface area contributed by atoms with E-state index in [0.717, 1.165) is 5.56 Å². The van der Waals surface area contributed by atoms with Crippen LogP contribution in [0.15, 0.2) is 36.9 Å². The highest BCUT2D eigenvalue weighted by Gasteiger charge is 2.14. The van der Waals surface area contributed by atoms with Crippen LogP contribution in [0.1, 0.15) is 21.5 Å². The lowest BCUT2D eigenvalue weighted by Gasteiger charge is -2.05. The number of anilines is 1. The second kappa shape index (κ2) is 4.10. The second-order valence-electron chi connectivity index (χ2n) is 3.48. The molecule has 0 aliphatic rings. The van der Waals surface area contributed by atoms with E-state index in [1.807, 2.05) is 6.92 Å². The van der Waals surface area contributed by atoms with Gasteiger partial charge in [0.15, 0.2) is 5.78 Å². The second-order valence-corrected chi connectivity index (χ2v) is 3.48. The molecule has 0 unspecified atom stereocenters. The lowest BCUT2D eigenvalue weighted by Crippen LogP contribution is -2.07. The highest BCUT2D eigenvalue weighted by molar-refractivity contribution is 6.12. The van der Waals surface area contributed by atoms with Crippen LogP contribution in [-0.4, -0.2) is 15.8 Å². The zero-order chi connectivity index (χ0) is 11.5. The minimum Gasteiger partial charge on any atom is -0.398 e. The summed E-state index contributed by atoms with van der Waals surface area (Å²) in [7, 11) is 0. The third kappa shape index (κ3) is 1.77. The predicted molar refractivity (Wildman–Crippen MR) is 61.1 cm³/mol. The summed E-state index contributed by atoms with van der Waals surface area (Å²) >= 11 is 0. The number of nitrogens with zero attached hydrogens (tertiary/aromatic N) is 2. The Morgan fingerprint density at radius 1 is 1.12 bits per heavy atom. The molecule has 80 valence electrons. The van der Waals surface area contributed by atoms with E-state index in [2.05, 4.69) is 9.97 Å². The molecule has 2 N–H and O–H groups in total. The Kier molecular flexibility index (Phi) is 2.64. The van der Waals surface area contributed by atoms with E-state index >= 15 is 0 Å². The Hall–Kier alpha value is -2.23. The summed E-state index contributed by atoms with van der Waals surface area (Å²) < 4.78 is 0. The number of rotatable bonds is 2. The fourth-order valence-corrected chi connectivity index (χ4v) is 1.44. The molecular weight excluding hydrogens is 202 g/mol. The lowest BCUT2D eigenvalue weighted by atomic mass is 10.0. The van der Waals surface area contributed by atoms with Gasteiger partial charge >= 0.3 is 0 Å². The van der Waals surface area contributed by atoms with E-state index in [-0.39, 0.29) is 5.78 Å². The predicted octanol–water partition coefficient (Wildman–Crippen LogP) is 1.60. The summed E-state index contributed by atoms with van der Waals surface area (Å²) in [6.45, 7) is 1.86. The molecule has 0 aromatic carbocycles. The minimum absolute atomic E-state index is 0.142. The first kappa shape index (κ1) is 10.3. The van der Waals surface area contributed by atoms with Crippen LogP contribution in [-0.2, 0) is 0 Å². The number of nitrogens with two attached hydrogens (primary N) is 1. The van der Waals surface area contributed by atoms with Gasteiger partial charge in [0, 0.05) is 36.0 Å². The van der Waals surface area contributed by atoms with Crippen LogP contribution in [0.2, 0.25) is 0 Å². The molecular formula is C12H11N3O. The molecule has 16 heavy (non-hydrogen) atoms. The van der Waals surface area contributed by atoms with Crippen molar-refractivity contribution in [2.45, 2.75) is 6.92 Å². The average Bonchev–Trinajstić information content (AvgIpc) is 2.29. The summed E-state index contributed by atoms with van der Waals surface area (Å²) in [6.07, 6.45) is 6.23. The number of carbonyl (C=O) groups is 1. The summed E-state index contributed by atoms with van der Waals surface area (Å²) in [5, 5.41) is 0. The topological polar surface area (TPSA) is 68.9 Å². The monoisotopic (exact) mass is 213 g/mol. The van der Waals surface area contributed by atoms with Crippen molar-refractivity contribution in [2.24, 2.45) is 0 Å². The molecule has 2 heterocycles. The van der Waals surface area contributed by atoms with Gasteiger partial charge in [-0.05, 0) is 24.6 Å². The van der Waals surface area contributed by atoms with Gasteiger partial charge in [-0.3, -0.25) is 14.8 Å². The van der Waals surface area contributed by atoms with Gasteiger partial charge in [0.1, 0.15) is 0 Å². The maximum atomic E-state index is 12.1. The molecule has 2 aromatic rings. The standard InChI is InChI=1S/C12H11N3O/c1-8-2-4-14-6-9(8)12(16)10-7-15-5-3-11(10)13/h2-7H,1H3,(H2,13,15). The first-order chi connectivity index (χ1) is 7.70. The number of carbonyl (C=O) groups excluding carboxylic acids is 1. The van der Waals surface area contributed by atoms with Crippen molar-refractivity contribution in [3.63, 3.8) is 0 Å². The van der Waals surface area contributed by atoms with Gasteiger partial charge in [-0.15, -0.1) is 0 Å². The van der Waals surface area contributed by atoms with Crippen LogP contribution >= 0.6 is 0 Å². The molecule has 0 aliphatic carbocycles. The third-order valence-electron chi connectivity index (χ3n) is 2.38. The van der Waals surface area contributed by atoms with Crippen molar-refractivity contribution in [1.29, 1.82) is 0 Å². The summed E-state index contributed by atoms with van der Waals surface area (Å²) in [6, 6.07) is 3.40. The third-order valence-corrected chi connectivity index (χ3v) is 2.38. The van der Waals surface area contributed by atoms with Gasteiger partial charge in [0.25, 0.3) is 0 Å². The fraction of sp³-hybridized carbons (Fsp3) is 0.0833. The Bertz CT molecular complexity index is 490. The molecule has 2 aromatic heterocycles. The van der Waals surface area contributed by atoms with E-state index in [9.17, 15) is 4.79 Å². The maximum Gasteiger partial charge on any atom is 0.198 e. The molecule has 4 heteroatoms. The van der Waals surface area contributed by atoms with Crippen molar-refractivity contribution < 1.29 is 4.79 Å². The van der Waals surface area contributed by atoms with Gasteiger partial charge in [-0.2, -0.15) is 0 Å². The van der Waals surface area contributed by atoms with Crippen molar-refractivity contribution in [3.05, 3.63) is 53.6 Å². The van der Waals surface area contributed by atoms with Crippen LogP contribution in [0, 0.1) is 6.92 Å². The molecule has 2 rings (SSSR count). The number of pyridine rings is 2. The lowest BCUT2D eigenvalue weighted by molar-refractivity contribution is 0.103. The number of hydrogen-bond donors (Lipinski definition) is 1. The number of aromatic nitrogens is 2. The van der Waals surface area contributed by atoms with Crippen LogP contribution in [0.25, 0.3) is 0 Å². The van der Waals surface area contributed by atoms with Crippen LogP contribution in [0.3, 0.4) is 0 Å². The highest BCUT2D eigenvalue weighted by Crippen LogP contribution is 2.16. The number of hydrogen-bond acceptors (Lipinski definition) is 4. The van der Waals surface area contributed by atoms with Crippen LogP contribution < -0.4 is 5.73 Å². The average molecular weight is 213 g/mol. The SMILES string of the molecule is Cc1ccncc1C(=O)c1cnccc1N. The molecule has 0 spiro atoms. The molecule has 4 nitrogen and oxygen atoms in total. The molecule has 0 aliphatic heterocycles. The van der Waals surface area contributed by atoms with Crippen molar-refractivity contribution in [3.8, 4) is 0 Å². The van der Waals surface area contributed by atoms with E-state index in [0.29, 0.717) is 16.8 Å². The van der Waals surface area contributed by atoms with Crippen molar-refractivity contribution in [2.75, 3.05) is 5.73 Å². The summed E-state index contributed by atoms with van der Waals surface area (Å²) in [5.74, 6) is -0.142. The van der Waals surface area contributed by atoms with E-state index in [1.54, 1.807) is 30.7 Å².